The highest BCUT2D eigenvalue weighted by Crippen LogP contribution is 2.51. The molecule has 0 radical (unpaired) electrons. The van der Waals surface area contributed by atoms with Crippen molar-refractivity contribution in [1.29, 1.82) is 0 Å². The van der Waals surface area contributed by atoms with Gasteiger partial charge in [-0.05, 0) is 59.6 Å². The molecule has 3 aliphatic rings. The van der Waals surface area contributed by atoms with Gasteiger partial charge in [0.25, 0.3) is 0 Å². The Labute approximate surface area is 175 Å². The topological polar surface area (TPSA) is 0 Å². The van der Waals surface area contributed by atoms with Gasteiger partial charge in [0, 0.05) is 11.8 Å². The fraction of sp³-hybridized carbons (Fsp3) is 0.241. The SMILES string of the molecule is C=C(CC)C1=C(C)C=C2CC(=CC3=CC=CC3)C(=C)C2C1C=Cc1ccccc1. The Kier molecular flexibility index (Phi) is 5.53. The van der Waals surface area contributed by atoms with Crippen molar-refractivity contribution in [2.24, 2.45) is 11.8 Å². The summed E-state index contributed by atoms with van der Waals surface area (Å²) in [6.07, 6.45) is 19.0. The zero-order chi connectivity index (χ0) is 20.4. The van der Waals surface area contributed by atoms with E-state index in [1.165, 1.54) is 44.6 Å². The monoisotopic (exact) mass is 378 g/mol. The summed E-state index contributed by atoms with van der Waals surface area (Å²) < 4.78 is 0. The Morgan fingerprint density at radius 2 is 2.00 bits per heavy atom. The van der Waals surface area contributed by atoms with E-state index in [2.05, 4.69) is 99.9 Å². The van der Waals surface area contributed by atoms with E-state index in [4.69, 9.17) is 0 Å². The van der Waals surface area contributed by atoms with Gasteiger partial charge in [-0.1, -0.05) is 104 Å². The number of allylic oxidation sites excluding steroid dienone is 13. The summed E-state index contributed by atoms with van der Waals surface area (Å²) in [6, 6.07) is 10.6. The summed E-state index contributed by atoms with van der Waals surface area (Å²) in [5, 5.41) is 0. The summed E-state index contributed by atoms with van der Waals surface area (Å²) in [5.74, 6) is 0.648. The van der Waals surface area contributed by atoms with Crippen LogP contribution in [0, 0.1) is 11.8 Å². The molecule has 0 saturated heterocycles. The average molecular weight is 379 g/mol. The number of benzene rings is 1. The predicted molar refractivity (Wildman–Crippen MR) is 126 cm³/mol. The van der Waals surface area contributed by atoms with Crippen LogP contribution in [0.1, 0.15) is 38.7 Å². The van der Waals surface area contributed by atoms with Crippen LogP contribution in [0.2, 0.25) is 0 Å². The van der Waals surface area contributed by atoms with Crippen LogP contribution in [0.15, 0.2) is 119 Å². The first-order valence-corrected chi connectivity index (χ1v) is 10.7. The van der Waals surface area contributed by atoms with Gasteiger partial charge in [0.2, 0.25) is 0 Å². The van der Waals surface area contributed by atoms with Gasteiger partial charge in [-0.15, -0.1) is 0 Å². The lowest BCUT2D eigenvalue weighted by molar-refractivity contribution is 0.593. The molecule has 4 rings (SSSR count). The molecule has 0 aliphatic heterocycles. The maximum Gasteiger partial charge on any atom is 0.0155 e. The van der Waals surface area contributed by atoms with Crippen LogP contribution in [-0.4, -0.2) is 0 Å². The van der Waals surface area contributed by atoms with E-state index in [0.717, 1.165) is 19.3 Å². The van der Waals surface area contributed by atoms with Crippen LogP contribution in [-0.2, 0) is 0 Å². The van der Waals surface area contributed by atoms with Gasteiger partial charge in [-0.3, -0.25) is 0 Å². The first-order valence-electron chi connectivity index (χ1n) is 10.7. The van der Waals surface area contributed by atoms with Gasteiger partial charge < -0.3 is 0 Å². The molecule has 0 amide bonds. The summed E-state index contributed by atoms with van der Waals surface area (Å²) in [6.45, 7) is 13.4. The molecule has 146 valence electrons. The third kappa shape index (κ3) is 3.85. The molecule has 2 unspecified atom stereocenters. The van der Waals surface area contributed by atoms with Crippen LogP contribution < -0.4 is 0 Å². The third-order valence-electron chi connectivity index (χ3n) is 6.36. The highest BCUT2D eigenvalue weighted by molar-refractivity contribution is 5.61. The van der Waals surface area contributed by atoms with Crippen molar-refractivity contribution in [3.8, 4) is 0 Å². The molecule has 1 saturated carbocycles. The summed E-state index contributed by atoms with van der Waals surface area (Å²) in [4.78, 5) is 0. The Hall–Kier alpha value is -2.86. The molecule has 0 heterocycles. The van der Waals surface area contributed by atoms with Gasteiger partial charge in [-0.25, -0.2) is 0 Å². The average Bonchev–Trinajstić information content (AvgIpc) is 3.34. The predicted octanol–water partition coefficient (Wildman–Crippen LogP) is 7.93. The minimum atomic E-state index is 0.303. The molecular formula is C29H30. The molecule has 2 atom stereocenters. The maximum atomic E-state index is 4.57. The van der Waals surface area contributed by atoms with Crippen molar-refractivity contribution in [2.45, 2.75) is 33.1 Å². The maximum absolute atomic E-state index is 4.57. The van der Waals surface area contributed by atoms with E-state index >= 15 is 0 Å². The first kappa shape index (κ1) is 19.5. The number of rotatable bonds is 5. The minimum Gasteiger partial charge on any atom is -0.0955 e. The highest BCUT2D eigenvalue weighted by Gasteiger charge is 2.38. The fourth-order valence-corrected chi connectivity index (χ4v) is 4.87. The zero-order valence-electron chi connectivity index (χ0n) is 17.6. The van der Waals surface area contributed by atoms with Crippen molar-refractivity contribution >= 4 is 6.08 Å². The molecule has 29 heavy (non-hydrogen) atoms. The first-order chi connectivity index (χ1) is 14.1. The van der Waals surface area contributed by atoms with Crippen molar-refractivity contribution in [3.63, 3.8) is 0 Å². The molecular weight excluding hydrogens is 348 g/mol. The van der Waals surface area contributed by atoms with Gasteiger partial charge >= 0.3 is 0 Å². The second kappa shape index (κ2) is 8.25. The normalized spacial score (nSPS) is 25.0. The van der Waals surface area contributed by atoms with Crippen LogP contribution in [0.5, 0.6) is 0 Å². The molecule has 3 aliphatic carbocycles. The van der Waals surface area contributed by atoms with Crippen LogP contribution in [0.3, 0.4) is 0 Å². The van der Waals surface area contributed by atoms with E-state index in [1.54, 1.807) is 0 Å². The minimum absolute atomic E-state index is 0.303. The van der Waals surface area contributed by atoms with Crippen molar-refractivity contribution in [2.75, 3.05) is 0 Å². The quantitative estimate of drug-likeness (QED) is 0.488. The van der Waals surface area contributed by atoms with Crippen molar-refractivity contribution in [3.05, 3.63) is 125 Å². The molecule has 0 N–H and O–H groups in total. The van der Waals surface area contributed by atoms with Crippen LogP contribution >= 0.6 is 0 Å². The molecule has 0 nitrogen and oxygen atoms in total. The number of fused-ring (bicyclic) bond motifs is 1. The van der Waals surface area contributed by atoms with Gasteiger partial charge in [0.15, 0.2) is 0 Å². The second-order valence-electron chi connectivity index (χ2n) is 8.29. The molecule has 1 aromatic rings. The van der Waals surface area contributed by atoms with Gasteiger partial charge in [0.1, 0.15) is 0 Å². The molecule has 0 heteroatoms. The number of hydrogen-bond donors (Lipinski definition) is 0. The van der Waals surface area contributed by atoms with E-state index in [1.807, 2.05) is 0 Å². The standard InChI is InChI=1S/C29H30/c1-5-20(2)28-21(3)17-26-19-25(18-24-13-9-10-14-24)22(4)29(26)27(28)16-15-23-11-7-6-8-12-23/h6-13,15-18,27,29H,2,4-5,14,19H2,1,3H3. The molecule has 0 bridgehead atoms. The van der Waals surface area contributed by atoms with E-state index in [-0.39, 0.29) is 0 Å². The van der Waals surface area contributed by atoms with E-state index in [9.17, 15) is 0 Å². The van der Waals surface area contributed by atoms with Gasteiger partial charge in [0.05, 0.1) is 0 Å². The highest BCUT2D eigenvalue weighted by atomic mass is 14.4. The largest absolute Gasteiger partial charge is 0.0955 e. The fourth-order valence-electron chi connectivity index (χ4n) is 4.87. The molecule has 0 spiro atoms. The summed E-state index contributed by atoms with van der Waals surface area (Å²) in [7, 11) is 0. The van der Waals surface area contributed by atoms with E-state index < -0.39 is 0 Å². The summed E-state index contributed by atoms with van der Waals surface area (Å²) in [5.41, 5.74) is 10.8. The van der Waals surface area contributed by atoms with E-state index in [0.29, 0.717) is 11.8 Å². The summed E-state index contributed by atoms with van der Waals surface area (Å²) >= 11 is 0. The Bertz CT molecular complexity index is 1020. The molecule has 1 aromatic carbocycles. The lowest BCUT2D eigenvalue weighted by Gasteiger charge is -2.32. The third-order valence-corrected chi connectivity index (χ3v) is 6.36. The van der Waals surface area contributed by atoms with Crippen molar-refractivity contribution < 1.29 is 0 Å². The van der Waals surface area contributed by atoms with Gasteiger partial charge in [-0.2, -0.15) is 0 Å². The zero-order valence-corrected chi connectivity index (χ0v) is 17.6. The Morgan fingerprint density at radius 3 is 2.69 bits per heavy atom. The van der Waals surface area contributed by atoms with Crippen LogP contribution in [0.25, 0.3) is 6.08 Å². The smallest absolute Gasteiger partial charge is 0.0155 e. The number of hydrogen-bond acceptors (Lipinski definition) is 0. The lowest BCUT2D eigenvalue weighted by atomic mass is 9.72. The lowest BCUT2D eigenvalue weighted by Crippen LogP contribution is -2.20. The Morgan fingerprint density at radius 1 is 1.21 bits per heavy atom. The molecule has 1 fully saturated rings. The van der Waals surface area contributed by atoms with Crippen molar-refractivity contribution in [1.82, 2.24) is 0 Å². The Balaban J connectivity index is 1.72. The molecule has 0 aromatic heterocycles. The van der Waals surface area contributed by atoms with Crippen LogP contribution in [0.4, 0.5) is 0 Å². The second-order valence-corrected chi connectivity index (χ2v) is 8.29.